The zero-order valence-electron chi connectivity index (χ0n) is 21.4. The molecule has 0 amide bonds. The Morgan fingerprint density at radius 3 is 2.89 bits per heavy atom. The molecule has 5 heterocycles. The van der Waals surface area contributed by atoms with Gasteiger partial charge in [0.2, 0.25) is 0 Å². The number of anilines is 2. The third-order valence-electron chi connectivity index (χ3n) is 7.94. The molecule has 2 saturated heterocycles. The van der Waals surface area contributed by atoms with E-state index in [0.29, 0.717) is 31.6 Å². The van der Waals surface area contributed by atoms with Crippen LogP contribution in [0.15, 0.2) is 36.5 Å². The Bertz CT molecular complexity index is 1300. The Morgan fingerprint density at radius 1 is 1.11 bits per heavy atom. The molecule has 2 aromatic heterocycles. The summed E-state index contributed by atoms with van der Waals surface area (Å²) >= 11 is 0. The number of nitrogens with one attached hydrogen (secondary N) is 1. The fourth-order valence-corrected chi connectivity index (χ4v) is 5.88. The van der Waals surface area contributed by atoms with E-state index in [1.165, 1.54) is 17.4 Å². The van der Waals surface area contributed by atoms with Crippen molar-refractivity contribution in [3.63, 3.8) is 0 Å². The van der Waals surface area contributed by atoms with Gasteiger partial charge in [-0.15, -0.1) is 0 Å². The average Bonchev–Trinajstić information content (AvgIpc) is 3.35. The van der Waals surface area contributed by atoms with Gasteiger partial charge in [-0.2, -0.15) is 15.2 Å². The molecule has 1 aromatic carbocycles. The first kappa shape index (κ1) is 23.9. The van der Waals surface area contributed by atoms with Gasteiger partial charge in [-0.3, -0.25) is 0 Å². The van der Waals surface area contributed by atoms with Crippen molar-refractivity contribution in [2.75, 3.05) is 56.2 Å². The van der Waals surface area contributed by atoms with E-state index in [9.17, 15) is 5.26 Å². The molecule has 0 bridgehead atoms. The molecule has 3 aromatic rings. The minimum absolute atomic E-state index is 0.140. The number of rotatable bonds is 6. The summed E-state index contributed by atoms with van der Waals surface area (Å²) in [7, 11) is 2.16. The van der Waals surface area contributed by atoms with Crippen LogP contribution in [0.25, 0.3) is 10.8 Å². The van der Waals surface area contributed by atoms with Crippen molar-refractivity contribution in [3.8, 4) is 12.1 Å². The number of benzene rings is 1. The predicted molar refractivity (Wildman–Crippen MR) is 144 cm³/mol. The van der Waals surface area contributed by atoms with Gasteiger partial charge in [-0.05, 0) is 44.3 Å². The molecule has 0 aliphatic carbocycles. The lowest BCUT2D eigenvalue weighted by Gasteiger charge is -2.37. The Hall–Kier alpha value is -3.48. The van der Waals surface area contributed by atoms with E-state index >= 15 is 0 Å². The maximum Gasteiger partial charge on any atom is 0.318 e. The first-order valence-corrected chi connectivity index (χ1v) is 13.4. The smallest absolute Gasteiger partial charge is 0.318 e. The molecule has 9 heteroatoms. The molecular weight excluding hydrogens is 464 g/mol. The molecule has 3 aliphatic rings. The highest BCUT2D eigenvalue weighted by Gasteiger charge is 2.30. The highest BCUT2D eigenvalue weighted by Crippen LogP contribution is 2.33. The number of nitrogens with zero attached hydrogens (tertiary/aromatic N) is 7. The zero-order chi connectivity index (χ0) is 25.2. The largest absolute Gasteiger partial charge is 0.462 e. The number of nitriles is 1. The molecule has 2 unspecified atom stereocenters. The Kier molecular flexibility index (Phi) is 6.77. The lowest BCUT2D eigenvalue weighted by molar-refractivity contribution is 0.187. The fraction of sp³-hybridized carbons (Fsp3) is 0.500. The quantitative estimate of drug-likeness (QED) is 0.551. The van der Waals surface area contributed by atoms with Gasteiger partial charge in [0.05, 0.1) is 24.7 Å². The number of hydrogen-bond donors (Lipinski definition) is 1. The summed E-state index contributed by atoms with van der Waals surface area (Å²) in [4.78, 5) is 21.7. The molecule has 6 rings (SSSR count). The van der Waals surface area contributed by atoms with Crippen molar-refractivity contribution in [3.05, 3.63) is 47.8 Å². The van der Waals surface area contributed by atoms with Gasteiger partial charge in [0.25, 0.3) is 0 Å². The minimum atomic E-state index is 0.140. The zero-order valence-corrected chi connectivity index (χ0v) is 21.4. The number of hydrogen-bond acceptors (Lipinski definition) is 9. The van der Waals surface area contributed by atoms with Gasteiger partial charge in [0, 0.05) is 55.4 Å². The number of likely N-dealkylation sites (N-methyl/N-ethyl adjacent to an activating group) is 1. The van der Waals surface area contributed by atoms with Crippen LogP contribution in [0.3, 0.4) is 0 Å². The number of likely N-dealkylation sites (tertiary alicyclic amines) is 1. The van der Waals surface area contributed by atoms with Crippen LogP contribution in [0.4, 0.5) is 11.6 Å². The molecule has 37 heavy (non-hydrogen) atoms. The number of aromatic nitrogens is 3. The summed E-state index contributed by atoms with van der Waals surface area (Å²) in [5.41, 5.74) is 2.20. The van der Waals surface area contributed by atoms with Crippen LogP contribution >= 0.6 is 0 Å². The van der Waals surface area contributed by atoms with Crippen LogP contribution < -0.4 is 19.9 Å². The van der Waals surface area contributed by atoms with Crippen molar-refractivity contribution in [2.45, 2.75) is 44.3 Å². The summed E-state index contributed by atoms with van der Waals surface area (Å²) < 4.78 is 6.25. The van der Waals surface area contributed by atoms with Crippen LogP contribution in [0, 0.1) is 11.3 Å². The normalized spacial score (nSPS) is 22.2. The number of ether oxygens (including phenoxy) is 1. The second-order valence-electron chi connectivity index (χ2n) is 10.3. The van der Waals surface area contributed by atoms with E-state index in [0.717, 1.165) is 68.3 Å². The molecule has 192 valence electrons. The monoisotopic (exact) mass is 498 g/mol. The molecule has 2 atom stereocenters. The third kappa shape index (κ3) is 4.91. The molecule has 3 aliphatic heterocycles. The maximum atomic E-state index is 9.25. The topological polar surface area (TPSA) is 93.4 Å². The Labute approximate surface area is 218 Å². The Balaban J connectivity index is 1.32. The Morgan fingerprint density at radius 2 is 2.03 bits per heavy atom. The lowest BCUT2D eigenvalue weighted by Crippen LogP contribution is -2.51. The van der Waals surface area contributed by atoms with Crippen LogP contribution in [0.5, 0.6) is 6.01 Å². The van der Waals surface area contributed by atoms with Gasteiger partial charge in [0.1, 0.15) is 18.2 Å². The van der Waals surface area contributed by atoms with Gasteiger partial charge in [-0.25, -0.2) is 4.98 Å². The summed E-state index contributed by atoms with van der Waals surface area (Å²) in [5, 5.41) is 15.1. The lowest BCUT2D eigenvalue weighted by atomic mass is 10.0. The van der Waals surface area contributed by atoms with Gasteiger partial charge in [0.15, 0.2) is 0 Å². The van der Waals surface area contributed by atoms with Gasteiger partial charge in [-0.1, -0.05) is 24.3 Å². The van der Waals surface area contributed by atoms with Crippen molar-refractivity contribution >= 4 is 22.4 Å². The number of fused-ring (bicyclic) bond motifs is 2. The van der Waals surface area contributed by atoms with Crippen LogP contribution in [-0.2, 0) is 13.0 Å². The van der Waals surface area contributed by atoms with E-state index in [1.54, 1.807) is 0 Å². The van der Waals surface area contributed by atoms with Crippen LogP contribution in [0.2, 0.25) is 0 Å². The number of pyridine rings is 1. The van der Waals surface area contributed by atoms with E-state index in [1.807, 2.05) is 6.20 Å². The minimum Gasteiger partial charge on any atom is -0.462 e. The maximum absolute atomic E-state index is 9.25. The van der Waals surface area contributed by atoms with Gasteiger partial charge < -0.3 is 24.8 Å². The van der Waals surface area contributed by atoms with E-state index in [-0.39, 0.29) is 6.04 Å². The highest BCUT2D eigenvalue weighted by atomic mass is 16.5. The van der Waals surface area contributed by atoms with Crippen molar-refractivity contribution in [1.82, 2.24) is 25.2 Å². The summed E-state index contributed by atoms with van der Waals surface area (Å²) in [6, 6.07) is 13.8. The second-order valence-corrected chi connectivity index (χ2v) is 10.3. The molecule has 0 radical (unpaired) electrons. The standard InChI is InChI=1S/C28H34N8O/c1-34-14-4-6-22(34)19-37-28-32-25-18-35(26-23-7-3-2-5-20(23)9-12-31-26)15-10-24(25)27(33-28)36-16-13-30-21(17-36)8-11-29/h2-3,5,7,9,12,21-22,30H,4,6,8,10,13-19H2,1H3. The van der Waals surface area contributed by atoms with E-state index < -0.39 is 0 Å². The van der Waals surface area contributed by atoms with Gasteiger partial charge >= 0.3 is 6.01 Å². The summed E-state index contributed by atoms with van der Waals surface area (Å²) in [5.74, 6) is 1.96. The SMILES string of the molecule is CN1CCCC1COc1nc2c(c(N3CCNC(CC#N)C3)n1)CCN(c1nccc3ccccc13)C2. The first-order chi connectivity index (χ1) is 18.2. The molecule has 1 N–H and O–H groups in total. The summed E-state index contributed by atoms with van der Waals surface area (Å²) in [6.45, 7) is 5.67. The molecular formula is C28H34N8O. The van der Waals surface area contributed by atoms with E-state index in [2.05, 4.69) is 63.5 Å². The van der Waals surface area contributed by atoms with Crippen molar-refractivity contribution in [2.24, 2.45) is 0 Å². The molecule has 0 saturated carbocycles. The molecule has 2 fully saturated rings. The molecule has 9 nitrogen and oxygen atoms in total. The summed E-state index contributed by atoms with van der Waals surface area (Å²) in [6.07, 6.45) is 5.56. The van der Waals surface area contributed by atoms with E-state index in [4.69, 9.17) is 19.7 Å². The second kappa shape index (κ2) is 10.5. The fourth-order valence-electron chi connectivity index (χ4n) is 5.88. The van der Waals surface area contributed by atoms with Crippen molar-refractivity contribution in [1.29, 1.82) is 5.26 Å². The molecule has 0 spiro atoms. The predicted octanol–water partition coefficient (Wildman–Crippen LogP) is 2.75. The van der Waals surface area contributed by atoms with Crippen LogP contribution in [0.1, 0.15) is 30.5 Å². The van der Waals surface area contributed by atoms with Crippen molar-refractivity contribution < 1.29 is 4.74 Å². The van der Waals surface area contributed by atoms with Crippen LogP contribution in [-0.4, -0.2) is 78.3 Å². The first-order valence-electron chi connectivity index (χ1n) is 13.4. The average molecular weight is 499 g/mol. The number of piperazine rings is 1. The highest BCUT2D eigenvalue weighted by molar-refractivity contribution is 5.92. The third-order valence-corrected chi connectivity index (χ3v) is 7.94.